The summed E-state index contributed by atoms with van der Waals surface area (Å²) in [5, 5.41) is 0. The van der Waals surface area contributed by atoms with Crippen LogP contribution in [0.25, 0.3) is 0 Å². The number of carbonyl (C=O) groups excluding carboxylic acids is 1. The van der Waals surface area contributed by atoms with Gasteiger partial charge in [0.2, 0.25) is 0 Å². The Balaban J connectivity index is 1.63. The Labute approximate surface area is 119 Å². The molecule has 20 heavy (non-hydrogen) atoms. The molecule has 108 valence electrons. The van der Waals surface area contributed by atoms with E-state index >= 15 is 0 Å². The molecule has 1 aromatic carbocycles. The first-order valence-corrected chi connectivity index (χ1v) is 7.30. The van der Waals surface area contributed by atoms with E-state index in [2.05, 4.69) is 17.0 Å². The number of rotatable bonds is 3. The minimum Gasteiger partial charge on any atom is -0.493 e. The Kier molecular flexibility index (Phi) is 3.92. The van der Waals surface area contributed by atoms with E-state index in [1.165, 1.54) is 12.7 Å². The molecule has 0 N–H and O–H groups in total. The quantitative estimate of drug-likeness (QED) is 0.791. The summed E-state index contributed by atoms with van der Waals surface area (Å²) < 4.78 is 10.6. The molecular weight excluding hydrogens is 254 g/mol. The van der Waals surface area contributed by atoms with E-state index < -0.39 is 0 Å². The second kappa shape index (κ2) is 5.83. The van der Waals surface area contributed by atoms with Gasteiger partial charge in [0.25, 0.3) is 0 Å². The zero-order valence-electron chi connectivity index (χ0n) is 11.9. The van der Waals surface area contributed by atoms with E-state index in [1.807, 2.05) is 12.1 Å². The lowest BCUT2D eigenvalue weighted by Gasteiger charge is -2.32. The molecule has 1 fully saturated rings. The minimum absolute atomic E-state index is 0.0336. The largest absolute Gasteiger partial charge is 0.493 e. The number of hydrogen-bond acceptors (Lipinski definition) is 4. The highest BCUT2D eigenvalue weighted by Crippen LogP contribution is 2.34. The van der Waals surface area contributed by atoms with E-state index in [0.717, 1.165) is 44.8 Å². The summed E-state index contributed by atoms with van der Waals surface area (Å²) >= 11 is 0. The molecular formula is C16H21NO3. The van der Waals surface area contributed by atoms with E-state index in [1.54, 1.807) is 0 Å². The van der Waals surface area contributed by atoms with Crippen molar-refractivity contribution in [3.63, 3.8) is 0 Å². The van der Waals surface area contributed by atoms with Gasteiger partial charge in [0.05, 0.1) is 19.6 Å². The third-order valence-corrected chi connectivity index (χ3v) is 4.32. The zero-order chi connectivity index (χ0) is 13.9. The fourth-order valence-corrected chi connectivity index (χ4v) is 3.27. The third kappa shape index (κ3) is 2.66. The molecule has 0 aliphatic carbocycles. The fourth-order valence-electron chi connectivity index (χ4n) is 3.27. The van der Waals surface area contributed by atoms with Crippen molar-refractivity contribution in [1.82, 2.24) is 4.90 Å². The summed E-state index contributed by atoms with van der Waals surface area (Å²) in [6.45, 7) is 3.58. The number of piperidine rings is 1. The molecule has 4 nitrogen and oxygen atoms in total. The monoisotopic (exact) mass is 275 g/mol. The lowest BCUT2D eigenvalue weighted by atomic mass is 9.95. The summed E-state index contributed by atoms with van der Waals surface area (Å²) in [5.41, 5.74) is 1.30. The first-order chi connectivity index (χ1) is 9.78. The molecule has 1 aromatic rings. The van der Waals surface area contributed by atoms with Gasteiger partial charge in [-0.25, -0.2) is 0 Å². The van der Waals surface area contributed by atoms with Gasteiger partial charge in [0, 0.05) is 24.6 Å². The van der Waals surface area contributed by atoms with Crippen LogP contribution in [-0.4, -0.2) is 44.2 Å². The number of fused-ring (bicyclic) bond motifs is 1. The van der Waals surface area contributed by atoms with Crippen molar-refractivity contribution in [2.75, 3.05) is 33.4 Å². The highest BCUT2D eigenvalue weighted by Gasteiger charge is 2.30. The van der Waals surface area contributed by atoms with Gasteiger partial charge < -0.3 is 14.4 Å². The van der Waals surface area contributed by atoms with Crippen LogP contribution in [0.3, 0.4) is 0 Å². The lowest BCUT2D eigenvalue weighted by molar-refractivity contribution is -0.147. The SMILES string of the molecule is COC(=O)[C@H]1CCCN(CC2COc3ccccc32)C1. The molecule has 2 aliphatic heterocycles. The van der Waals surface area contributed by atoms with Crippen LogP contribution >= 0.6 is 0 Å². The first-order valence-electron chi connectivity index (χ1n) is 7.30. The number of esters is 1. The van der Waals surface area contributed by atoms with Gasteiger partial charge >= 0.3 is 5.97 Å². The molecule has 0 aromatic heterocycles. The summed E-state index contributed by atoms with van der Waals surface area (Å²) in [4.78, 5) is 14.1. The Hall–Kier alpha value is -1.55. The molecule has 1 unspecified atom stereocenters. The van der Waals surface area contributed by atoms with Crippen LogP contribution in [-0.2, 0) is 9.53 Å². The molecule has 0 saturated carbocycles. The zero-order valence-corrected chi connectivity index (χ0v) is 11.9. The lowest BCUT2D eigenvalue weighted by Crippen LogP contribution is -2.41. The van der Waals surface area contributed by atoms with Crippen molar-refractivity contribution in [2.24, 2.45) is 5.92 Å². The maximum absolute atomic E-state index is 11.7. The summed E-state index contributed by atoms with van der Waals surface area (Å²) in [6, 6.07) is 8.25. The molecule has 0 bridgehead atoms. The summed E-state index contributed by atoms with van der Waals surface area (Å²) in [5.74, 6) is 1.39. The van der Waals surface area contributed by atoms with E-state index in [4.69, 9.17) is 9.47 Å². The van der Waals surface area contributed by atoms with Gasteiger partial charge in [-0.1, -0.05) is 18.2 Å². The highest BCUT2D eigenvalue weighted by atomic mass is 16.5. The predicted octanol–water partition coefficient (Wildman–Crippen LogP) is 2.05. The van der Waals surface area contributed by atoms with Gasteiger partial charge in [-0.2, -0.15) is 0 Å². The van der Waals surface area contributed by atoms with Crippen LogP contribution in [0.5, 0.6) is 5.75 Å². The molecule has 0 radical (unpaired) electrons. The number of carbonyl (C=O) groups is 1. The average Bonchev–Trinajstić information content (AvgIpc) is 2.90. The summed E-state index contributed by atoms with van der Waals surface area (Å²) in [7, 11) is 1.47. The van der Waals surface area contributed by atoms with Crippen LogP contribution in [0.15, 0.2) is 24.3 Å². The number of likely N-dealkylation sites (tertiary alicyclic amines) is 1. The summed E-state index contributed by atoms with van der Waals surface area (Å²) in [6.07, 6.45) is 2.01. The van der Waals surface area contributed by atoms with Crippen molar-refractivity contribution < 1.29 is 14.3 Å². The van der Waals surface area contributed by atoms with Crippen molar-refractivity contribution in [2.45, 2.75) is 18.8 Å². The third-order valence-electron chi connectivity index (χ3n) is 4.32. The van der Waals surface area contributed by atoms with Gasteiger partial charge in [-0.15, -0.1) is 0 Å². The average molecular weight is 275 g/mol. The fraction of sp³-hybridized carbons (Fsp3) is 0.562. The molecule has 2 heterocycles. The Bertz CT molecular complexity index is 488. The van der Waals surface area contributed by atoms with Crippen LogP contribution in [0.4, 0.5) is 0 Å². The Morgan fingerprint density at radius 3 is 3.15 bits per heavy atom. The maximum Gasteiger partial charge on any atom is 0.309 e. The number of para-hydroxylation sites is 1. The standard InChI is InChI=1S/C16H21NO3/c1-19-16(18)12-5-4-8-17(9-12)10-13-11-20-15-7-3-2-6-14(13)15/h2-3,6-7,12-13H,4-5,8-11H2,1H3/t12-,13?/m0/s1. The van der Waals surface area contributed by atoms with Crippen molar-refractivity contribution >= 4 is 5.97 Å². The van der Waals surface area contributed by atoms with E-state index in [-0.39, 0.29) is 11.9 Å². The molecule has 0 amide bonds. The minimum atomic E-state index is -0.0715. The van der Waals surface area contributed by atoms with Crippen molar-refractivity contribution in [1.29, 1.82) is 0 Å². The second-order valence-corrected chi connectivity index (χ2v) is 5.67. The maximum atomic E-state index is 11.7. The van der Waals surface area contributed by atoms with Gasteiger partial charge in [-0.3, -0.25) is 4.79 Å². The number of ether oxygens (including phenoxy) is 2. The van der Waals surface area contributed by atoms with E-state index in [9.17, 15) is 4.79 Å². The number of hydrogen-bond donors (Lipinski definition) is 0. The Morgan fingerprint density at radius 1 is 1.45 bits per heavy atom. The van der Waals surface area contributed by atoms with Gasteiger partial charge in [-0.05, 0) is 25.5 Å². The first kappa shape index (κ1) is 13.4. The highest BCUT2D eigenvalue weighted by molar-refractivity contribution is 5.72. The van der Waals surface area contributed by atoms with Crippen molar-refractivity contribution in [3.05, 3.63) is 29.8 Å². The van der Waals surface area contributed by atoms with E-state index in [0.29, 0.717) is 5.92 Å². The molecule has 1 saturated heterocycles. The van der Waals surface area contributed by atoms with Gasteiger partial charge in [0.15, 0.2) is 0 Å². The topological polar surface area (TPSA) is 38.8 Å². The number of nitrogens with zero attached hydrogens (tertiary/aromatic N) is 1. The molecule has 2 aliphatic rings. The number of benzene rings is 1. The predicted molar refractivity (Wildman–Crippen MR) is 75.9 cm³/mol. The molecule has 3 rings (SSSR count). The second-order valence-electron chi connectivity index (χ2n) is 5.67. The van der Waals surface area contributed by atoms with Crippen LogP contribution in [0.2, 0.25) is 0 Å². The van der Waals surface area contributed by atoms with Crippen molar-refractivity contribution in [3.8, 4) is 5.75 Å². The Morgan fingerprint density at radius 2 is 2.30 bits per heavy atom. The van der Waals surface area contributed by atoms with Crippen LogP contribution in [0.1, 0.15) is 24.3 Å². The van der Waals surface area contributed by atoms with Gasteiger partial charge in [0.1, 0.15) is 5.75 Å². The molecule has 0 spiro atoms. The number of methoxy groups -OCH3 is 1. The smallest absolute Gasteiger partial charge is 0.309 e. The van der Waals surface area contributed by atoms with Crippen LogP contribution < -0.4 is 4.74 Å². The molecule has 4 heteroatoms. The molecule has 2 atom stereocenters. The normalized spacial score (nSPS) is 25.9. The van der Waals surface area contributed by atoms with Crippen LogP contribution in [0, 0.1) is 5.92 Å².